The smallest absolute Gasteiger partial charge is 0.256 e. The van der Waals surface area contributed by atoms with Crippen molar-refractivity contribution in [2.24, 2.45) is 0 Å². The molecule has 3 N–H and O–H groups in total. The van der Waals surface area contributed by atoms with Crippen molar-refractivity contribution < 1.29 is 14.0 Å². The Bertz CT molecular complexity index is 1290. The Morgan fingerprint density at radius 2 is 1.83 bits per heavy atom. The van der Waals surface area contributed by atoms with Crippen LogP contribution in [-0.4, -0.2) is 47.9 Å². The Labute approximate surface area is 212 Å². The van der Waals surface area contributed by atoms with Gasteiger partial charge in [0, 0.05) is 45.8 Å². The minimum absolute atomic E-state index is 0.173. The summed E-state index contributed by atoms with van der Waals surface area (Å²) in [6, 6.07) is 11.9. The molecular formula is C27H28BrFN4O2. The van der Waals surface area contributed by atoms with E-state index < -0.39 is 5.82 Å². The van der Waals surface area contributed by atoms with Crippen LogP contribution in [0.25, 0.3) is 22.8 Å². The van der Waals surface area contributed by atoms with E-state index in [2.05, 4.69) is 50.3 Å². The Balaban J connectivity index is 1.65. The van der Waals surface area contributed by atoms with Gasteiger partial charge in [-0.2, -0.15) is 0 Å². The second-order valence-electron chi connectivity index (χ2n) is 8.41. The monoisotopic (exact) mass is 538 g/mol. The molecule has 1 aliphatic heterocycles. The number of nitrogens with zero attached hydrogens (tertiary/aromatic N) is 1. The zero-order valence-electron chi connectivity index (χ0n) is 20.0. The van der Waals surface area contributed by atoms with E-state index in [1.807, 2.05) is 31.2 Å². The molecule has 2 amide bonds. The first kappa shape index (κ1) is 24.9. The fourth-order valence-corrected chi connectivity index (χ4v) is 4.58. The number of likely N-dealkylation sites (N-methyl/N-ethyl adjacent to an activating group) is 1. The zero-order chi connectivity index (χ0) is 25.1. The average Bonchev–Trinajstić information content (AvgIpc) is 3.36. The van der Waals surface area contributed by atoms with Crippen LogP contribution in [0.5, 0.6) is 0 Å². The number of hydrogen-bond acceptors (Lipinski definition) is 3. The number of halogens is 2. The highest BCUT2D eigenvalue weighted by Crippen LogP contribution is 2.42. The quantitative estimate of drug-likeness (QED) is 0.333. The third-order valence-corrected chi connectivity index (χ3v) is 6.77. The van der Waals surface area contributed by atoms with Crippen LogP contribution in [-0.2, 0) is 4.79 Å². The van der Waals surface area contributed by atoms with Crippen molar-refractivity contribution in [2.75, 3.05) is 31.5 Å². The molecular weight excluding hydrogens is 511 g/mol. The summed E-state index contributed by atoms with van der Waals surface area (Å²) in [4.78, 5) is 31.0. The van der Waals surface area contributed by atoms with E-state index in [0.29, 0.717) is 51.4 Å². The van der Waals surface area contributed by atoms with Gasteiger partial charge in [-0.15, -0.1) is 0 Å². The Kier molecular flexibility index (Phi) is 7.52. The number of aryl methyl sites for hydroxylation is 1. The van der Waals surface area contributed by atoms with Gasteiger partial charge in [0.05, 0.1) is 11.1 Å². The van der Waals surface area contributed by atoms with Crippen molar-refractivity contribution >= 4 is 45.1 Å². The number of rotatable bonds is 8. The van der Waals surface area contributed by atoms with Crippen molar-refractivity contribution in [3.8, 4) is 11.1 Å². The lowest BCUT2D eigenvalue weighted by atomic mass is 9.94. The predicted octanol–water partition coefficient (Wildman–Crippen LogP) is 5.46. The van der Waals surface area contributed by atoms with E-state index in [0.717, 1.165) is 24.1 Å². The van der Waals surface area contributed by atoms with Gasteiger partial charge in [0.2, 0.25) is 0 Å². The van der Waals surface area contributed by atoms with Gasteiger partial charge in [0.1, 0.15) is 5.82 Å². The van der Waals surface area contributed by atoms with Crippen molar-refractivity contribution in [3.63, 3.8) is 0 Å². The lowest BCUT2D eigenvalue weighted by molar-refractivity contribution is -0.110. The van der Waals surface area contributed by atoms with Crippen LogP contribution >= 0.6 is 15.9 Å². The lowest BCUT2D eigenvalue weighted by Gasteiger charge is -2.17. The molecule has 0 bridgehead atoms. The van der Waals surface area contributed by atoms with Gasteiger partial charge >= 0.3 is 0 Å². The minimum Gasteiger partial charge on any atom is -0.358 e. The summed E-state index contributed by atoms with van der Waals surface area (Å²) in [6.07, 6.45) is 1.67. The number of aromatic amines is 1. The van der Waals surface area contributed by atoms with Gasteiger partial charge in [0.15, 0.2) is 0 Å². The van der Waals surface area contributed by atoms with Crippen LogP contribution in [0.15, 0.2) is 46.9 Å². The van der Waals surface area contributed by atoms with E-state index in [4.69, 9.17) is 0 Å². The molecule has 0 saturated carbocycles. The van der Waals surface area contributed by atoms with Crippen LogP contribution in [0.4, 0.5) is 10.1 Å². The average molecular weight is 539 g/mol. The lowest BCUT2D eigenvalue weighted by Crippen LogP contribution is -2.34. The normalized spacial score (nSPS) is 13.9. The largest absolute Gasteiger partial charge is 0.358 e. The molecule has 35 heavy (non-hydrogen) atoms. The topological polar surface area (TPSA) is 77.2 Å². The van der Waals surface area contributed by atoms with Gasteiger partial charge in [-0.25, -0.2) is 4.39 Å². The van der Waals surface area contributed by atoms with Gasteiger partial charge in [0.25, 0.3) is 11.8 Å². The highest BCUT2D eigenvalue weighted by Gasteiger charge is 2.29. The van der Waals surface area contributed by atoms with E-state index in [9.17, 15) is 9.59 Å². The Morgan fingerprint density at radius 1 is 1.11 bits per heavy atom. The zero-order valence-corrected chi connectivity index (χ0v) is 21.6. The number of nitrogens with one attached hydrogen (secondary N) is 3. The second-order valence-corrected chi connectivity index (χ2v) is 9.33. The molecule has 8 heteroatoms. The molecule has 182 valence electrons. The Morgan fingerprint density at radius 3 is 2.51 bits per heavy atom. The number of H-pyrrole nitrogens is 1. The van der Waals surface area contributed by atoms with Crippen LogP contribution in [0.3, 0.4) is 0 Å². The molecule has 0 saturated heterocycles. The number of benzene rings is 2. The van der Waals surface area contributed by atoms with E-state index in [1.165, 1.54) is 6.07 Å². The number of hydrogen-bond donors (Lipinski definition) is 3. The number of fused-ring (bicyclic) bond motifs is 1. The minimum atomic E-state index is -0.413. The maximum absolute atomic E-state index is 15.0. The number of anilines is 1. The molecule has 2 aromatic carbocycles. The van der Waals surface area contributed by atoms with Crippen molar-refractivity contribution in [3.05, 3.63) is 75.3 Å². The molecule has 3 aromatic rings. The summed E-state index contributed by atoms with van der Waals surface area (Å²) < 4.78 is 15.9. The molecule has 0 atom stereocenters. The summed E-state index contributed by atoms with van der Waals surface area (Å²) in [5.74, 6) is -0.903. The first-order chi connectivity index (χ1) is 16.8. The molecule has 0 fully saturated rings. The fraction of sp³-hybridized carbons (Fsp3) is 0.259. The van der Waals surface area contributed by atoms with Gasteiger partial charge in [-0.05, 0) is 62.0 Å². The predicted molar refractivity (Wildman–Crippen MR) is 142 cm³/mol. The molecule has 1 aliphatic rings. The summed E-state index contributed by atoms with van der Waals surface area (Å²) in [6.45, 7) is 9.18. The maximum atomic E-state index is 15.0. The van der Waals surface area contributed by atoms with Crippen molar-refractivity contribution in [1.82, 2.24) is 15.2 Å². The molecule has 0 radical (unpaired) electrons. The summed E-state index contributed by atoms with van der Waals surface area (Å²) in [7, 11) is 0. The number of carbonyl (C=O) groups excluding carboxylic acids is 2. The van der Waals surface area contributed by atoms with Crippen LogP contribution < -0.4 is 10.6 Å². The van der Waals surface area contributed by atoms with Crippen LogP contribution in [0.2, 0.25) is 0 Å². The first-order valence-electron chi connectivity index (χ1n) is 11.6. The van der Waals surface area contributed by atoms with Gasteiger partial charge in [-0.3, -0.25) is 9.59 Å². The third kappa shape index (κ3) is 5.23. The van der Waals surface area contributed by atoms with Crippen molar-refractivity contribution in [2.45, 2.75) is 20.8 Å². The van der Waals surface area contributed by atoms with Crippen LogP contribution in [0.1, 0.15) is 41.2 Å². The summed E-state index contributed by atoms with van der Waals surface area (Å²) in [5.41, 5.74) is 4.24. The van der Waals surface area contributed by atoms with E-state index >= 15 is 4.39 Å². The maximum Gasteiger partial charge on any atom is 0.256 e. The molecule has 2 heterocycles. The third-order valence-electron chi connectivity index (χ3n) is 6.24. The number of aromatic nitrogens is 1. The van der Waals surface area contributed by atoms with E-state index in [-0.39, 0.29) is 11.8 Å². The second kappa shape index (κ2) is 10.6. The molecule has 0 aliphatic carbocycles. The number of carbonyl (C=O) groups is 2. The van der Waals surface area contributed by atoms with E-state index in [1.54, 1.807) is 18.2 Å². The molecule has 1 aromatic heterocycles. The summed E-state index contributed by atoms with van der Waals surface area (Å²) in [5, 5.41) is 5.79. The van der Waals surface area contributed by atoms with Gasteiger partial charge in [-0.1, -0.05) is 41.9 Å². The highest BCUT2D eigenvalue weighted by atomic mass is 79.9. The molecule has 0 spiro atoms. The van der Waals surface area contributed by atoms with Crippen LogP contribution in [0, 0.1) is 12.7 Å². The SMILES string of the molecule is CCN(CC)CCNC(=O)c1cc(/C=C2\C(=O)Nc3ccc(F)c(-c4ccc(Br)cc4)c32)[nH]c1C. The summed E-state index contributed by atoms with van der Waals surface area (Å²) >= 11 is 3.40. The first-order valence-corrected chi connectivity index (χ1v) is 12.4. The van der Waals surface area contributed by atoms with Crippen molar-refractivity contribution in [1.29, 1.82) is 0 Å². The molecule has 6 nitrogen and oxygen atoms in total. The molecule has 0 unspecified atom stereocenters. The highest BCUT2D eigenvalue weighted by molar-refractivity contribution is 9.10. The van der Waals surface area contributed by atoms with Gasteiger partial charge < -0.3 is 20.5 Å². The molecule has 4 rings (SSSR count). The standard InChI is InChI=1S/C27H28BrFN4O2/c1-4-33(5-2)13-12-30-26(34)20-14-19(31-16(20)3)15-21-25-23(32-27(21)35)11-10-22(29)24(25)17-6-8-18(28)9-7-17/h6-11,14-15,31H,4-5,12-13H2,1-3H3,(H,30,34)(H,32,35)/b21-15-. The fourth-order valence-electron chi connectivity index (χ4n) is 4.32. The number of amides is 2. The Hall–Kier alpha value is -3.23.